The third kappa shape index (κ3) is 1.37. The number of rotatable bonds is 1. The molecule has 0 aliphatic carbocycles. The van der Waals surface area contributed by atoms with Gasteiger partial charge in [-0.3, -0.25) is 0 Å². The Hall–Kier alpha value is -0.590. The first kappa shape index (κ1) is 8.51. The van der Waals surface area contributed by atoms with E-state index in [4.69, 9.17) is 0 Å². The molecular weight excluding hydrogens is 261 g/mol. The van der Waals surface area contributed by atoms with Gasteiger partial charge in [0.05, 0.1) is 0 Å². The fourth-order valence-electron chi connectivity index (χ4n) is 0.743. The molecule has 0 saturated heterocycles. The van der Waals surface area contributed by atoms with E-state index in [2.05, 4.69) is 4.74 Å². The summed E-state index contributed by atoms with van der Waals surface area (Å²) in [6.45, 7) is 0. The monoisotopic (exact) mass is 267 g/mol. The van der Waals surface area contributed by atoms with Gasteiger partial charge in [0, 0.05) is 14.1 Å². The Balaban J connectivity index is 3.07. The molecule has 0 aromatic heterocycles. The van der Waals surface area contributed by atoms with Gasteiger partial charge in [-0.2, -0.15) is 0 Å². The average Bonchev–Trinajstić information content (AvgIpc) is 2.07. The molecule has 0 amide bonds. The molecule has 1 aliphatic heterocycles. The topological polar surface area (TPSA) is 46.6 Å². The highest BCUT2D eigenvalue weighted by molar-refractivity contribution is 14.1. The van der Waals surface area contributed by atoms with Crippen molar-refractivity contribution in [1.82, 2.24) is 4.90 Å². The van der Waals surface area contributed by atoms with E-state index < -0.39 is 11.9 Å². The molecule has 0 N–H and O–H groups in total. The summed E-state index contributed by atoms with van der Waals surface area (Å²) < 4.78 is 4.69. The zero-order valence-corrected chi connectivity index (χ0v) is 8.21. The van der Waals surface area contributed by atoms with E-state index in [0.717, 1.165) is 0 Å². The number of esters is 2. The lowest BCUT2D eigenvalue weighted by Crippen LogP contribution is -2.17. The Morgan fingerprint density at radius 2 is 1.82 bits per heavy atom. The summed E-state index contributed by atoms with van der Waals surface area (Å²) in [7, 11) is 3.38. The number of halogens is 1. The summed E-state index contributed by atoms with van der Waals surface area (Å²) >= 11 is 1.79. The number of cyclic esters (lactones) is 2. The molecular formula is C6H6INO3. The second kappa shape index (κ2) is 2.80. The lowest BCUT2D eigenvalue weighted by molar-refractivity contribution is -0.151. The van der Waals surface area contributed by atoms with Crippen LogP contribution < -0.4 is 0 Å². The molecule has 60 valence electrons. The first-order valence-corrected chi connectivity index (χ1v) is 3.95. The van der Waals surface area contributed by atoms with Gasteiger partial charge in [0.1, 0.15) is 9.28 Å². The highest BCUT2D eigenvalue weighted by Crippen LogP contribution is 2.23. The first-order chi connectivity index (χ1) is 5.04. The van der Waals surface area contributed by atoms with Crippen LogP contribution in [0.25, 0.3) is 0 Å². The Kier molecular flexibility index (Phi) is 2.17. The quantitative estimate of drug-likeness (QED) is 0.389. The van der Waals surface area contributed by atoms with E-state index in [1.54, 1.807) is 41.6 Å². The molecule has 0 unspecified atom stereocenters. The van der Waals surface area contributed by atoms with Crippen molar-refractivity contribution in [3.8, 4) is 0 Å². The fourth-order valence-corrected chi connectivity index (χ4v) is 1.56. The maximum Gasteiger partial charge on any atom is 0.363 e. The predicted molar refractivity (Wildman–Crippen MR) is 45.8 cm³/mol. The summed E-state index contributed by atoms with van der Waals surface area (Å²) in [5.41, 5.74) is 0.329. The molecule has 1 aliphatic rings. The molecule has 0 spiro atoms. The molecule has 5 heteroatoms. The molecule has 0 aromatic carbocycles. The second-order valence-electron chi connectivity index (χ2n) is 2.23. The van der Waals surface area contributed by atoms with Crippen LogP contribution in [0.4, 0.5) is 0 Å². The molecule has 0 aromatic rings. The minimum atomic E-state index is -0.565. The standard InChI is InChI=1S/C6H6INO3/c1-8(2)4-3(7)5(9)11-6(4)10/h1-2H3. The van der Waals surface area contributed by atoms with E-state index in [0.29, 0.717) is 9.28 Å². The Bertz CT molecular complexity index is 257. The van der Waals surface area contributed by atoms with Gasteiger partial charge in [0.25, 0.3) is 0 Å². The molecule has 0 atom stereocenters. The number of hydrogen-bond acceptors (Lipinski definition) is 4. The van der Waals surface area contributed by atoms with Crippen LogP contribution in [0.1, 0.15) is 0 Å². The number of likely N-dealkylation sites (N-methyl/N-ethyl adjacent to an activating group) is 1. The molecule has 11 heavy (non-hydrogen) atoms. The Morgan fingerprint density at radius 3 is 2.00 bits per heavy atom. The van der Waals surface area contributed by atoms with Crippen LogP contribution in [0.15, 0.2) is 9.28 Å². The third-order valence-electron chi connectivity index (χ3n) is 1.21. The molecule has 0 bridgehead atoms. The summed E-state index contributed by atoms with van der Waals surface area (Å²) in [5, 5.41) is 0. The maximum atomic E-state index is 10.9. The van der Waals surface area contributed by atoms with Crippen molar-refractivity contribution in [2.24, 2.45) is 0 Å². The largest absolute Gasteiger partial charge is 0.384 e. The molecule has 0 saturated carbocycles. The summed E-state index contributed by atoms with van der Waals surface area (Å²) in [6, 6.07) is 0. The lowest BCUT2D eigenvalue weighted by atomic mass is 10.4. The zero-order valence-electron chi connectivity index (χ0n) is 6.05. The first-order valence-electron chi connectivity index (χ1n) is 2.87. The van der Waals surface area contributed by atoms with E-state index >= 15 is 0 Å². The molecule has 1 rings (SSSR count). The van der Waals surface area contributed by atoms with Crippen LogP contribution in [-0.4, -0.2) is 30.9 Å². The van der Waals surface area contributed by atoms with Gasteiger partial charge in [-0.25, -0.2) is 9.59 Å². The SMILES string of the molecule is CN(C)C1=C(I)C(=O)OC1=O. The van der Waals surface area contributed by atoms with Gasteiger partial charge in [0.2, 0.25) is 0 Å². The minimum Gasteiger partial charge on any atom is -0.384 e. The van der Waals surface area contributed by atoms with Gasteiger partial charge >= 0.3 is 11.9 Å². The maximum absolute atomic E-state index is 10.9. The number of ether oxygens (including phenoxy) is 1. The number of carbonyl (C=O) groups is 2. The Labute approximate surface area is 77.3 Å². The van der Waals surface area contributed by atoms with Crippen LogP contribution in [-0.2, 0) is 14.3 Å². The van der Waals surface area contributed by atoms with E-state index in [-0.39, 0.29) is 0 Å². The predicted octanol–water partition coefficient (Wildman–Crippen LogP) is 0.278. The van der Waals surface area contributed by atoms with Crippen molar-refractivity contribution >= 4 is 34.5 Å². The van der Waals surface area contributed by atoms with Crippen LogP contribution in [0, 0.1) is 0 Å². The minimum absolute atomic E-state index is 0.329. The number of nitrogens with zero attached hydrogens (tertiary/aromatic N) is 1. The van der Waals surface area contributed by atoms with Crippen molar-refractivity contribution in [3.63, 3.8) is 0 Å². The zero-order chi connectivity index (χ0) is 8.59. The van der Waals surface area contributed by atoms with Crippen molar-refractivity contribution in [2.45, 2.75) is 0 Å². The van der Waals surface area contributed by atoms with E-state index in [1.165, 1.54) is 0 Å². The van der Waals surface area contributed by atoms with Gasteiger partial charge < -0.3 is 9.64 Å². The van der Waals surface area contributed by atoms with E-state index in [1.807, 2.05) is 0 Å². The van der Waals surface area contributed by atoms with Crippen LogP contribution in [0.5, 0.6) is 0 Å². The van der Waals surface area contributed by atoms with E-state index in [9.17, 15) is 9.59 Å². The van der Waals surface area contributed by atoms with Gasteiger partial charge in [-0.15, -0.1) is 0 Å². The third-order valence-corrected chi connectivity index (χ3v) is 2.16. The summed E-state index contributed by atoms with van der Waals surface area (Å²) in [6.07, 6.45) is 0. The van der Waals surface area contributed by atoms with Crippen LogP contribution in [0.3, 0.4) is 0 Å². The highest BCUT2D eigenvalue weighted by atomic mass is 127. The fraction of sp³-hybridized carbons (Fsp3) is 0.333. The number of hydrogen-bond donors (Lipinski definition) is 0. The number of carbonyl (C=O) groups excluding carboxylic acids is 2. The normalized spacial score (nSPS) is 17.4. The Morgan fingerprint density at radius 1 is 1.27 bits per heavy atom. The lowest BCUT2D eigenvalue weighted by Gasteiger charge is -2.09. The summed E-state index contributed by atoms with van der Waals surface area (Å²) in [5.74, 6) is -1.12. The van der Waals surface area contributed by atoms with Crippen molar-refractivity contribution < 1.29 is 14.3 Å². The van der Waals surface area contributed by atoms with Crippen LogP contribution >= 0.6 is 22.6 Å². The van der Waals surface area contributed by atoms with Crippen LogP contribution in [0.2, 0.25) is 0 Å². The molecule has 1 heterocycles. The molecule has 4 nitrogen and oxygen atoms in total. The summed E-state index contributed by atoms with van der Waals surface area (Å²) in [4.78, 5) is 23.2. The van der Waals surface area contributed by atoms with Crippen molar-refractivity contribution in [3.05, 3.63) is 9.28 Å². The highest BCUT2D eigenvalue weighted by Gasteiger charge is 2.32. The van der Waals surface area contributed by atoms with Crippen molar-refractivity contribution in [2.75, 3.05) is 14.1 Å². The van der Waals surface area contributed by atoms with Gasteiger partial charge in [-0.1, -0.05) is 0 Å². The smallest absolute Gasteiger partial charge is 0.363 e. The van der Waals surface area contributed by atoms with Gasteiger partial charge in [0.15, 0.2) is 0 Å². The van der Waals surface area contributed by atoms with Gasteiger partial charge in [-0.05, 0) is 22.6 Å². The molecule has 0 radical (unpaired) electrons. The molecule has 0 fully saturated rings. The average molecular weight is 267 g/mol. The second-order valence-corrected chi connectivity index (χ2v) is 3.31. The van der Waals surface area contributed by atoms with Crippen molar-refractivity contribution in [1.29, 1.82) is 0 Å².